The van der Waals surface area contributed by atoms with E-state index in [-0.39, 0.29) is 0 Å². The van der Waals surface area contributed by atoms with E-state index >= 15 is 0 Å². The molecule has 1 saturated heterocycles. The first-order valence-electron chi connectivity index (χ1n) is 6.44. The van der Waals surface area contributed by atoms with Gasteiger partial charge in [-0.2, -0.15) is 0 Å². The number of likely N-dealkylation sites (tertiary alicyclic amines) is 1. The average molecular weight is 234 g/mol. The lowest BCUT2D eigenvalue weighted by molar-refractivity contribution is 0.111. The fraction of sp³-hybridized carbons (Fsp3) is 0.750. The second-order valence-corrected chi connectivity index (χ2v) is 5.22. The zero-order chi connectivity index (χ0) is 11.7. The van der Waals surface area contributed by atoms with E-state index < -0.39 is 0 Å². The van der Waals surface area contributed by atoms with Crippen LogP contribution in [0.15, 0.2) is 6.20 Å². The van der Waals surface area contributed by atoms with Gasteiger partial charge in [0.1, 0.15) is 5.69 Å². The van der Waals surface area contributed by atoms with Gasteiger partial charge in [0, 0.05) is 12.6 Å². The molecule has 0 amide bonds. The van der Waals surface area contributed by atoms with Gasteiger partial charge in [-0.3, -0.25) is 14.4 Å². The first kappa shape index (κ1) is 10.9. The summed E-state index contributed by atoms with van der Waals surface area (Å²) < 4.78 is 1.81. The molecule has 5 nitrogen and oxygen atoms in total. The van der Waals surface area contributed by atoms with Gasteiger partial charge in [-0.15, -0.1) is 5.10 Å². The van der Waals surface area contributed by atoms with Crippen LogP contribution >= 0.6 is 0 Å². The molecule has 0 bridgehead atoms. The number of nitrogens with zero attached hydrogens (tertiary/aromatic N) is 4. The Morgan fingerprint density at radius 1 is 1.35 bits per heavy atom. The summed E-state index contributed by atoms with van der Waals surface area (Å²) >= 11 is 0. The molecule has 1 aliphatic carbocycles. The highest BCUT2D eigenvalue weighted by atomic mass is 16.1. The van der Waals surface area contributed by atoms with Crippen LogP contribution in [0.2, 0.25) is 0 Å². The molecule has 1 aromatic heterocycles. The molecule has 0 aromatic carbocycles. The molecule has 2 aliphatic rings. The highest BCUT2D eigenvalue weighted by molar-refractivity contribution is 5.70. The molecule has 1 saturated carbocycles. The summed E-state index contributed by atoms with van der Waals surface area (Å²) in [6.07, 6.45) is 7.82. The van der Waals surface area contributed by atoms with E-state index in [1.807, 2.05) is 0 Å². The van der Waals surface area contributed by atoms with Gasteiger partial charge in [0.05, 0.1) is 12.7 Å². The maximum absolute atomic E-state index is 10.5. The van der Waals surface area contributed by atoms with Crippen molar-refractivity contribution in [3.8, 4) is 0 Å². The van der Waals surface area contributed by atoms with E-state index in [2.05, 4.69) is 15.2 Å². The minimum atomic E-state index is 0.428. The summed E-state index contributed by atoms with van der Waals surface area (Å²) in [4.78, 5) is 13.1. The van der Waals surface area contributed by atoms with Gasteiger partial charge in [-0.05, 0) is 38.1 Å². The third kappa shape index (κ3) is 2.54. The van der Waals surface area contributed by atoms with Crippen LogP contribution in [0.1, 0.15) is 36.2 Å². The Morgan fingerprint density at radius 2 is 2.24 bits per heavy atom. The zero-order valence-electron chi connectivity index (χ0n) is 9.96. The Labute approximate surface area is 101 Å². The van der Waals surface area contributed by atoms with Crippen LogP contribution in [0.25, 0.3) is 0 Å². The third-order valence-electron chi connectivity index (χ3n) is 3.76. The number of rotatable bonds is 5. The standard InChI is InChI=1S/C12H18N4O/c17-9-11-7-16(14-13-11)8-12-2-1-5-15(12)6-10-3-4-10/h7,9-10,12H,1-6,8H2/t12-/m1/s1. The summed E-state index contributed by atoms with van der Waals surface area (Å²) in [6, 6.07) is 0.580. The summed E-state index contributed by atoms with van der Waals surface area (Å²) in [7, 11) is 0. The summed E-state index contributed by atoms with van der Waals surface area (Å²) in [5.74, 6) is 0.942. The molecule has 2 fully saturated rings. The number of hydrogen-bond donors (Lipinski definition) is 0. The van der Waals surface area contributed by atoms with Crippen molar-refractivity contribution in [1.29, 1.82) is 0 Å². The van der Waals surface area contributed by atoms with Crippen LogP contribution in [-0.4, -0.2) is 45.3 Å². The SMILES string of the molecule is O=Cc1cn(C[C@H]2CCCN2CC2CC2)nn1. The van der Waals surface area contributed by atoms with Gasteiger partial charge in [0.25, 0.3) is 0 Å². The van der Waals surface area contributed by atoms with Crippen molar-refractivity contribution in [2.45, 2.75) is 38.3 Å². The van der Waals surface area contributed by atoms with Crippen LogP contribution in [-0.2, 0) is 6.54 Å². The summed E-state index contributed by atoms with van der Waals surface area (Å²) in [5, 5.41) is 7.79. The molecule has 3 rings (SSSR count). The lowest BCUT2D eigenvalue weighted by Gasteiger charge is -2.23. The van der Waals surface area contributed by atoms with Gasteiger partial charge in [-0.25, -0.2) is 0 Å². The molecule has 1 aromatic rings. The Hall–Kier alpha value is -1.23. The van der Waals surface area contributed by atoms with E-state index in [0.717, 1.165) is 18.7 Å². The molecular weight excluding hydrogens is 216 g/mol. The van der Waals surface area contributed by atoms with Gasteiger partial charge in [-0.1, -0.05) is 5.21 Å². The monoisotopic (exact) mass is 234 g/mol. The second-order valence-electron chi connectivity index (χ2n) is 5.22. The highest BCUT2D eigenvalue weighted by Gasteiger charge is 2.31. The first-order valence-corrected chi connectivity index (χ1v) is 6.44. The first-order chi connectivity index (χ1) is 8.35. The Morgan fingerprint density at radius 3 is 2.94 bits per heavy atom. The largest absolute Gasteiger partial charge is 0.298 e. The van der Waals surface area contributed by atoms with Crippen molar-refractivity contribution in [3.05, 3.63) is 11.9 Å². The van der Waals surface area contributed by atoms with Crippen LogP contribution in [0.3, 0.4) is 0 Å². The van der Waals surface area contributed by atoms with Crippen molar-refractivity contribution in [2.24, 2.45) is 5.92 Å². The van der Waals surface area contributed by atoms with E-state index in [4.69, 9.17) is 0 Å². The van der Waals surface area contributed by atoms with E-state index in [1.54, 1.807) is 10.9 Å². The van der Waals surface area contributed by atoms with Crippen LogP contribution < -0.4 is 0 Å². The third-order valence-corrected chi connectivity index (χ3v) is 3.76. The minimum absolute atomic E-state index is 0.428. The molecule has 17 heavy (non-hydrogen) atoms. The van der Waals surface area contributed by atoms with Crippen LogP contribution in [0, 0.1) is 5.92 Å². The fourth-order valence-electron chi connectivity index (χ4n) is 2.65. The molecule has 2 heterocycles. The predicted octanol–water partition coefficient (Wildman–Crippen LogP) is 0.965. The molecule has 1 atom stereocenters. The van der Waals surface area contributed by atoms with Crippen LogP contribution in [0.5, 0.6) is 0 Å². The second kappa shape index (κ2) is 4.56. The van der Waals surface area contributed by atoms with Gasteiger partial charge in [0.2, 0.25) is 0 Å². The maximum Gasteiger partial charge on any atom is 0.171 e. The van der Waals surface area contributed by atoms with E-state index in [1.165, 1.54) is 38.8 Å². The van der Waals surface area contributed by atoms with E-state index in [0.29, 0.717) is 11.7 Å². The number of hydrogen-bond acceptors (Lipinski definition) is 4. The lowest BCUT2D eigenvalue weighted by atomic mass is 10.2. The Bertz CT molecular complexity index is 399. The molecule has 5 heteroatoms. The number of carbonyl (C=O) groups is 1. The summed E-state index contributed by atoms with van der Waals surface area (Å²) in [6.45, 7) is 3.34. The van der Waals surface area contributed by atoms with Crippen molar-refractivity contribution < 1.29 is 4.79 Å². The van der Waals surface area contributed by atoms with Crippen LogP contribution in [0.4, 0.5) is 0 Å². The maximum atomic E-state index is 10.5. The lowest BCUT2D eigenvalue weighted by Crippen LogP contribution is -2.34. The molecular formula is C12H18N4O. The molecule has 0 radical (unpaired) electrons. The van der Waals surface area contributed by atoms with Crippen molar-refractivity contribution >= 4 is 6.29 Å². The fourth-order valence-corrected chi connectivity index (χ4v) is 2.65. The molecule has 0 unspecified atom stereocenters. The molecule has 0 spiro atoms. The van der Waals surface area contributed by atoms with Gasteiger partial charge in [0.15, 0.2) is 6.29 Å². The smallest absolute Gasteiger partial charge is 0.171 e. The van der Waals surface area contributed by atoms with E-state index in [9.17, 15) is 4.79 Å². The minimum Gasteiger partial charge on any atom is -0.298 e. The Balaban J connectivity index is 1.60. The number of carbonyl (C=O) groups excluding carboxylic acids is 1. The quantitative estimate of drug-likeness (QED) is 0.712. The molecule has 1 aliphatic heterocycles. The van der Waals surface area contributed by atoms with Crippen molar-refractivity contribution in [2.75, 3.05) is 13.1 Å². The highest BCUT2D eigenvalue weighted by Crippen LogP contribution is 2.32. The molecule has 92 valence electrons. The Kier molecular flexibility index (Phi) is 2.93. The topological polar surface area (TPSA) is 51.0 Å². The van der Waals surface area contributed by atoms with Gasteiger partial charge >= 0.3 is 0 Å². The summed E-state index contributed by atoms with van der Waals surface area (Å²) in [5.41, 5.74) is 0.428. The number of aldehydes is 1. The normalized spacial score (nSPS) is 25.3. The van der Waals surface area contributed by atoms with Crippen molar-refractivity contribution in [1.82, 2.24) is 19.9 Å². The zero-order valence-corrected chi connectivity index (χ0v) is 9.96. The predicted molar refractivity (Wildman–Crippen MR) is 62.7 cm³/mol. The number of aromatic nitrogens is 3. The van der Waals surface area contributed by atoms with Gasteiger partial charge < -0.3 is 0 Å². The average Bonchev–Trinajstić information content (AvgIpc) is 2.87. The molecule has 0 N–H and O–H groups in total. The van der Waals surface area contributed by atoms with Crippen molar-refractivity contribution in [3.63, 3.8) is 0 Å².